The van der Waals surface area contributed by atoms with Crippen LogP contribution in [0.2, 0.25) is 5.02 Å². The van der Waals surface area contributed by atoms with E-state index in [1.165, 1.54) is 6.07 Å². The lowest BCUT2D eigenvalue weighted by molar-refractivity contribution is -0.116. The van der Waals surface area contributed by atoms with Crippen LogP contribution in [0.3, 0.4) is 0 Å². The number of benzene rings is 2. The van der Waals surface area contributed by atoms with Gasteiger partial charge in [-0.25, -0.2) is 9.18 Å². The Morgan fingerprint density at radius 2 is 1.77 bits per heavy atom. The number of carbonyl (C=O) groups excluding carboxylic acids is 3. The van der Waals surface area contributed by atoms with E-state index in [1.54, 1.807) is 24.3 Å². The van der Waals surface area contributed by atoms with Crippen molar-refractivity contribution in [3.63, 3.8) is 0 Å². The third-order valence-corrected chi connectivity index (χ3v) is 4.07. The van der Waals surface area contributed by atoms with Gasteiger partial charge in [-0.2, -0.15) is 0 Å². The monoisotopic (exact) mass is 435 g/mol. The molecule has 3 N–H and O–H groups in total. The first kappa shape index (κ1) is 23.2. The molecule has 0 heterocycles. The number of halogens is 2. The smallest absolute Gasteiger partial charge is 0.411 e. The van der Waals surface area contributed by atoms with Crippen molar-refractivity contribution in [1.82, 2.24) is 5.32 Å². The molecule has 0 aliphatic rings. The molecule has 30 heavy (non-hydrogen) atoms. The highest BCUT2D eigenvalue weighted by Gasteiger charge is 2.12. The summed E-state index contributed by atoms with van der Waals surface area (Å²) in [6.07, 6.45) is -0.562. The van der Waals surface area contributed by atoms with Crippen LogP contribution in [0.1, 0.15) is 30.6 Å². The van der Waals surface area contributed by atoms with Crippen molar-refractivity contribution < 1.29 is 23.5 Å². The van der Waals surface area contributed by atoms with Crippen LogP contribution in [0.15, 0.2) is 42.5 Å². The normalized spacial score (nSPS) is 10.4. The standard InChI is InChI=1S/C21H23ClFN3O4/c1-13(2)12-30-21(29)26-16-5-3-4-15(11-16)25-19(27)8-9-24-20(28)17-7-6-14(23)10-18(17)22/h3-7,10-11,13H,8-9,12H2,1-2H3,(H,24,28)(H,25,27)(H,26,29). The van der Waals surface area contributed by atoms with Gasteiger partial charge in [0, 0.05) is 24.3 Å². The zero-order chi connectivity index (χ0) is 22.1. The Bertz CT molecular complexity index is 921. The van der Waals surface area contributed by atoms with Crippen molar-refractivity contribution in [2.24, 2.45) is 5.92 Å². The highest BCUT2D eigenvalue weighted by atomic mass is 35.5. The van der Waals surface area contributed by atoms with E-state index in [-0.39, 0.29) is 35.4 Å². The summed E-state index contributed by atoms with van der Waals surface area (Å²) in [7, 11) is 0. The lowest BCUT2D eigenvalue weighted by Crippen LogP contribution is -2.28. The summed E-state index contributed by atoms with van der Waals surface area (Å²) in [5.41, 5.74) is 1.08. The molecule has 0 radical (unpaired) electrons. The maximum Gasteiger partial charge on any atom is 0.411 e. The van der Waals surface area contributed by atoms with Gasteiger partial charge in [0.1, 0.15) is 5.82 Å². The Balaban J connectivity index is 1.80. The number of rotatable bonds is 8. The van der Waals surface area contributed by atoms with E-state index in [2.05, 4.69) is 16.0 Å². The van der Waals surface area contributed by atoms with E-state index in [0.29, 0.717) is 18.0 Å². The van der Waals surface area contributed by atoms with Crippen LogP contribution in [0.4, 0.5) is 20.6 Å². The lowest BCUT2D eigenvalue weighted by atomic mass is 10.2. The van der Waals surface area contributed by atoms with Gasteiger partial charge in [0.2, 0.25) is 5.91 Å². The van der Waals surface area contributed by atoms with Gasteiger partial charge in [-0.3, -0.25) is 14.9 Å². The summed E-state index contributed by atoms with van der Waals surface area (Å²) in [6.45, 7) is 4.23. The molecular formula is C21H23ClFN3O4. The number of anilines is 2. The van der Waals surface area contributed by atoms with Crippen molar-refractivity contribution in [3.05, 3.63) is 58.9 Å². The third-order valence-electron chi connectivity index (χ3n) is 3.75. The van der Waals surface area contributed by atoms with Gasteiger partial charge in [0.15, 0.2) is 0 Å². The number of amides is 3. The van der Waals surface area contributed by atoms with Gasteiger partial charge < -0.3 is 15.4 Å². The Labute approximate surface area is 178 Å². The minimum absolute atomic E-state index is 0.00631. The average molecular weight is 436 g/mol. The van der Waals surface area contributed by atoms with E-state index in [1.807, 2.05) is 13.8 Å². The molecule has 9 heteroatoms. The molecule has 2 aromatic rings. The number of hydrogen-bond acceptors (Lipinski definition) is 4. The van der Waals surface area contributed by atoms with Gasteiger partial charge in [-0.05, 0) is 42.3 Å². The van der Waals surface area contributed by atoms with Crippen LogP contribution in [0.5, 0.6) is 0 Å². The Morgan fingerprint density at radius 1 is 1.07 bits per heavy atom. The average Bonchev–Trinajstić information content (AvgIpc) is 2.66. The topological polar surface area (TPSA) is 96.5 Å². The van der Waals surface area contributed by atoms with Gasteiger partial charge in [-0.1, -0.05) is 31.5 Å². The second kappa shape index (κ2) is 11.2. The van der Waals surface area contributed by atoms with E-state index in [9.17, 15) is 18.8 Å². The van der Waals surface area contributed by atoms with Gasteiger partial charge in [0.25, 0.3) is 5.91 Å². The minimum Gasteiger partial charge on any atom is -0.449 e. The van der Waals surface area contributed by atoms with Crippen LogP contribution in [0, 0.1) is 11.7 Å². The van der Waals surface area contributed by atoms with Gasteiger partial charge in [-0.15, -0.1) is 0 Å². The first-order valence-corrected chi connectivity index (χ1v) is 9.69. The van der Waals surface area contributed by atoms with Crippen molar-refractivity contribution >= 4 is 40.9 Å². The first-order valence-electron chi connectivity index (χ1n) is 9.31. The molecule has 3 amide bonds. The van der Waals surface area contributed by atoms with Crippen molar-refractivity contribution in [2.45, 2.75) is 20.3 Å². The molecule has 0 fully saturated rings. The maximum atomic E-state index is 13.0. The molecule has 0 aromatic heterocycles. The molecule has 0 saturated carbocycles. The van der Waals surface area contributed by atoms with Crippen LogP contribution in [-0.2, 0) is 9.53 Å². The molecule has 0 spiro atoms. The van der Waals surface area contributed by atoms with Gasteiger partial charge in [0.05, 0.1) is 17.2 Å². The largest absolute Gasteiger partial charge is 0.449 e. The molecule has 0 bridgehead atoms. The Kier molecular flexibility index (Phi) is 8.61. The fourth-order valence-corrected chi connectivity index (χ4v) is 2.61. The second-order valence-corrected chi connectivity index (χ2v) is 7.28. The predicted molar refractivity (Wildman–Crippen MR) is 113 cm³/mol. The molecule has 0 unspecified atom stereocenters. The zero-order valence-corrected chi connectivity index (χ0v) is 17.4. The molecular weight excluding hydrogens is 413 g/mol. The SMILES string of the molecule is CC(C)COC(=O)Nc1cccc(NC(=O)CCNC(=O)c2ccc(F)cc2Cl)c1. The zero-order valence-electron chi connectivity index (χ0n) is 16.6. The van der Waals surface area contributed by atoms with Crippen molar-refractivity contribution in [2.75, 3.05) is 23.8 Å². The lowest BCUT2D eigenvalue weighted by Gasteiger charge is -2.11. The van der Waals surface area contributed by atoms with Crippen molar-refractivity contribution in [1.29, 1.82) is 0 Å². The van der Waals surface area contributed by atoms with Crippen LogP contribution in [0.25, 0.3) is 0 Å². The second-order valence-electron chi connectivity index (χ2n) is 6.88. The summed E-state index contributed by atoms with van der Waals surface area (Å²) in [5, 5.41) is 7.82. The van der Waals surface area contributed by atoms with Gasteiger partial charge >= 0.3 is 6.09 Å². The molecule has 0 aliphatic heterocycles. The van der Waals surface area contributed by atoms with Crippen molar-refractivity contribution in [3.8, 4) is 0 Å². The van der Waals surface area contributed by atoms with Crippen LogP contribution < -0.4 is 16.0 Å². The fraction of sp³-hybridized carbons (Fsp3) is 0.286. The summed E-state index contributed by atoms with van der Waals surface area (Å²) in [6, 6.07) is 10.0. The molecule has 2 aromatic carbocycles. The van der Waals surface area contributed by atoms with E-state index < -0.39 is 17.8 Å². The summed E-state index contributed by atoms with van der Waals surface area (Å²) >= 11 is 5.84. The first-order chi connectivity index (χ1) is 14.2. The summed E-state index contributed by atoms with van der Waals surface area (Å²) in [5.74, 6) is -1.15. The van der Waals surface area contributed by atoms with E-state index >= 15 is 0 Å². The number of ether oxygens (including phenoxy) is 1. The fourth-order valence-electron chi connectivity index (χ4n) is 2.35. The summed E-state index contributed by atoms with van der Waals surface area (Å²) in [4.78, 5) is 35.9. The van der Waals surface area contributed by atoms with Crippen LogP contribution >= 0.6 is 11.6 Å². The van der Waals surface area contributed by atoms with E-state index in [4.69, 9.17) is 16.3 Å². The highest BCUT2D eigenvalue weighted by molar-refractivity contribution is 6.33. The maximum absolute atomic E-state index is 13.0. The number of hydrogen-bond donors (Lipinski definition) is 3. The number of carbonyl (C=O) groups is 3. The quantitative estimate of drug-likeness (QED) is 0.571. The Hall–Kier alpha value is -3.13. The van der Waals surface area contributed by atoms with Crippen LogP contribution in [-0.4, -0.2) is 31.1 Å². The highest BCUT2D eigenvalue weighted by Crippen LogP contribution is 2.17. The minimum atomic E-state index is -0.575. The number of nitrogens with one attached hydrogen (secondary N) is 3. The molecule has 160 valence electrons. The molecule has 0 saturated heterocycles. The molecule has 7 nitrogen and oxygen atoms in total. The summed E-state index contributed by atoms with van der Waals surface area (Å²) < 4.78 is 18.1. The third kappa shape index (κ3) is 7.71. The molecule has 2 rings (SSSR count). The van der Waals surface area contributed by atoms with E-state index in [0.717, 1.165) is 12.1 Å². The Morgan fingerprint density at radius 3 is 2.43 bits per heavy atom. The molecule has 0 aliphatic carbocycles. The molecule has 0 atom stereocenters. The predicted octanol–water partition coefficient (Wildman–Crippen LogP) is 4.44.